The van der Waals surface area contributed by atoms with Gasteiger partial charge in [-0.3, -0.25) is 10.6 Å². The molecule has 0 saturated carbocycles. The number of carbonyl (C=O) groups excluding carboxylic acids is 1. The van der Waals surface area contributed by atoms with Crippen LogP contribution in [-0.4, -0.2) is 22.1 Å². The Morgan fingerprint density at radius 3 is 2.65 bits per heavy atom. The van der Waals surface area contributed by atoms with E-state index in [1.54, 1.807) is 5.38 Å². The summed E-state index contributed by atoms with van der Waals surface area (Å²) < 4.78 is 0. The summed E-state index contributed by atoms with van der Waals surface area (Å²) in [7, 11) is 0. The Hall–Kier alpha value is -1.93. The zero-order chi connectivity index (χ0) is 14.7. The van der Waals surface area contributed by atoms with Crippen LogP contribution in [0.4, 0.5) is 14.9 Å². The van der Waals surface area contributed by atoms with Crippen molar-refractivity contribution in [2.24, 2.45) is 0 Å². The summed E-state index contributed by atoms with van der Waals surface area (Å²) in [6, 6.07) is 0.947. The molecule has 0 bridgehead atoms. The number of anilines is 2. The molecule has 0 aliphatic rings. The first-order valence-electron chi connectivity index (χ1n) is 5.81. The molecule has 0 aliphatic heterocycles. The van der Waals surface area contributed by atoms with Crippen LogP contribution >= 0.6 is 22.7 Å². The maximum atomic E-state index is 11.8. The van der Waals surface area contributed by atoms with Gasteiger partial charge in [0.1, 0.15) is 5.00 Å². The van der Waals surface area contributed by atoms with Crippen LogP contribution in [0.5, 0.6) is 0 Å². The molecule has 0 aromatic carbocycles. The van der Waals surface area contributed by atoms with Crippen LogP contribution in [0.1, 0.15) is 35.8 Å². The molecule has 3 N–H and O–H groups in total. The number of nitrogens with one attached hydrogen (secondary N) is 2. The van der Waals surface area contributed by atoms with E-state index in [2.05, 4.69) is 15.6 Å². The lowest BCUT2D eigenvalue weighted by molar-refractivity contribution is 0.0698. The quantitative estimate of drug-likeness (QED) is 0.803. The Bertz CT molecular complexity index is 633. The van der Waals surface area contributed by atoms with Crippen molar-refractivity contribution in [1.29, 1.82) is 0 Å². The fourth-order valence-corrected chi connectivity index (χ4v) is 3.06. The average molecular weight is 311 g/mol. The van der Waals surface area contributed by atoms with Gasteiger partial charge in [0, 0.05) is 5.38 Å². The molecular weight excluding hydrogens is 298 g/mol. The van der Waals surface area contributed by atoms with Crippen LogP contribution in [0, 0.1) is 0 Å². The highest BCUT2D eigenvalue weighted by molar-refractivity contribution is 7.15. The van der Waals surface area contributed by atoms with Crippen LogP contribution in [0.2, 0.25) is 0 Å². The molecule has 106 valence electrons. The second-order valence-electron chi connectivity index (χ2n) is 4.28. The number of thiophene rings is 1. The van der Waals surface area contributed by atoms with Crippen molar-refractivity contribution in [3.05, 3.63) is 28.1 Å². The topological polar surface area (TPSA) is 91.3 Å². The normalized spacial score (nSPS) is 10.6. The Morgan fingerprint density at radius 1 is 1.30 bits per heavy atom. The van der Waals surface area contributed by atoms with Gasteiger partial charge in [-0.2, -0.15) is 0 Å². The third kappa shape index (κ3) is 3.34. The number of thiazole rings is 1. The van der Waals surface area contributed by atoms with E-state index in [0.29, 0.717) is 16.1 Å². The van der Waals surface area contributed by atoms with Crippen LogP contribution in [0.15, 0.2) is 16.8 Å². The maximum absolute atomic E-state index is 11.8. The Labute approximate surface area is 123 Å². The van der Waals surface area contributed by atoms with E-state index < -0.39 is 12.0 Å². The van der Waals surface area contributed by atoms with Crippen LogP contribution in [0.3, 0.4) is 0 Å². The molecule has 20 heavy (non-hydrogen) atoms. The van der Waals surface area contributed by atoms with Crippen LogP contribution in [0.25, 0.3) is 0 Å². The predicted molar refractivity (Wildman–Crippen MR) is 80.1 cm³/mol. The Kier molecular flexibility index (Phi) is 4.35. The first-order chi connectivity index (χ1) is 9.47. The minimum absolute atomic E-state index is 0.0761. The van der Waals surface area contributed by atoms with E-state index in [9.17, 15) is 9.59 Å². The number of carbonyl (C=O) groups is 2. The van der Waals surface area contributed by atoms with Gasteiger partial charge in [0.05, 0.1) is 11.3 Å². The van der Waals surface area contributed by atoms with Crippen LogP contribution in [-0.2, 0) is 0 Å². The van der Waals surface area contributed by atoms with E-state index in [0.717, 1.165) is 17.0 Å². The number of aromatic nitrogens is 1. The predicted octanol–water partition coefficient (Wildman–Crippen LogP) is 3.67. The van der Waals surface area contributed by atoms with E-state index in [-0.39, 0.29) is 5.56 Å². The van der Waals surface area contributed by atoms with Gasteiger partial charge in [0.2, 0.25) is 0 Å². The van der Waals surface area contributed by atoms with E-state index in [1.165, 1.54) is 17.4 Å². The second kappa shape index (κ2) is 6.02. The third-order valence-electron chi connectivity index (χ3n) is 2.46. The lowest BCUT2D eigenvalue weighted by Gasteiger charge is -2.04. The largest absolute Gasteiger partial charge is 0.478 e. The fourth-order valence-electron chi connectivity index (χ4n) is 1.41. The van der Waals surface area contributed by atoms with E-state index in [4.69, 9.17) is 5.11 Å². The highest BCUT2D eigenvalue weighted by atomic mass is 32.1. The van der Waals surface area contributed by atoms with Crippen molar-refractivity contribution in [2.75, 3.05) is 10.6 Å². The zero-order valence-electron chi connectivity index (χ0n) is 10.8. The van der Waals surface area contributed by atoms with Gasteiger partial charge in [0.25, 0.3) is 0 Å². The number of urea groups is 1. The Morgan fingerprint density at radius 2 is 2.05 bits per heavy atom. The molecule has 0 spiro atoms. The van der Waals surface area contributed by atoms with Gasteiger partial charge < -0.3 is 5.11 Å². The molecule has 0 saturated heterocycles. The summed E-state index contributed by atoms with van der Waals surface area (Å²) in [6.07, 6.45) is 0. The van der Waals surface area contributed by atoms with Gasteiger partial charge in [-0.25, -0.2) is 14.6 Å². The molecule has 0 atom stereocenters. The Balaban J connectivity index is 2.01. The first kappa shape index (κ1) is 14.5. The molecule has 0 unspecified atom stereocenters. The second-order valence-corrected chi connectivity index (χ2v) is 6.05. The van der Waals surface area contributed by atoms with Crippen LogP contribution < -0.4 is 10.6 Å². The van der Waals surface area contributed by atoms with Crippen molar-refractivity contribution >= 4 is 44.8 Å². The molecule has 2 heterocycles. The van der Waals surface area contributed by atoms with Gasteiger partial charge >= 0.3 is 12.0 Å². The van der Waals surface area contributed by atoms with E-state index in [1.807, 2.05) is 19.2 Å². The molecule has 0 aliphatic carbocycles. The number of nitrogens with zero attached hydrogens (tertiary/aromatic N) is 1. The smallest absolute Gasteiger partial charge is 0.338 e. The van der Waals surface area contributed by atoms with Crippen molar-refractivity contribution in [3.63, 3.8) is 0 Å². The van der Waals surface area contributed by atoms with Crippen molar-refractivity contribution in [3.8, 4) is 0 Å². The van der Waals surface area contributed by atoms with Gasteiger partial charge in [-0.05, 0) is 17.4 Å². The van der Waals surface area contributed by atoms with E-state index >= 15 is 0 Å². The van der Waals surface area contributed by atoms with Crippen molar-refractivity contribution in [2.45, 2.75) is 19.8 Å². The highest BCUT2D eigenvalue weighted by Gasteiger charge is 2.15. The number of aromatic carboxylic acids is 1. The SMILES string of the molecule is CC(C)c1csc(NC(=O)Nc2sccc2C(=O)O)n1. The summed E-state index contributed by atoms with van der Waals surface area (Å²) in [5.74, 6) is -0.779. The number of rotatable bonds is 4. The molecule has 8 heteroatoms. The fraction of sp³-hybridized carbons (Fsp3) is 0.250. The monoisotopic (exact) mass is 311 g/mol. The number of hydrogen-bond donors (Lipinski definition) is 3. The first-order valence-corrected chi connectivity index (χ1v) is 7.57. The number of hydrogen-bond acceptors (Lipinski definition) is 5. The average Bonchev–Trinajstić information content (AvgIpc) is 2.97. The summed E-state index contributed by atoms with van der Waals surface area (Å²) in [4.78, 5) is 27.0. The van der Waals surface area contributed by atoms with Crippen molar-refractivity contribution in [1.82, 2.24) is 4.98 Å². The number of carboxylic acid groups (broad SMARTS) is 1. The lowest BCUT2D eigenvalue weighted by atomic mass is 10.2. The van der Waals surface area contributed by atoms with Gasteiger partial charge in [-0.1, -0.05) is 13.8 Å². The standard InChI is InChI=1S/C12H13N3O3S2/c1-6(2)8-5-20-12(13-8)15-11(18)14-9-7(10(16)17)3-4-19-9/h3-6H,1-2H3,(H,16,17)(H2,13,14,15,18). The summed E-state index contributed by atoms with van der Waals surface area (Å²) in [5.41, 5.74) is 0.986. The molecule has 6 nitrogen and oxygen atoms in total. The minimum atomic E-state index is -1.07. The maximum Gasteiger partial charge on any atom is 0.338 e. The molecule has 2 amide bonds. The summed E-state index contributed by atoms with van der Waals surface area (Å²) in [5, 5.41) is 18.3. The zero-order valence-corrected chi connectivity index (χ0v) is 12.5. The minimum Gasteiger partial charge on any atom is -0.478 e. The number of amides is 2. The molecule has 0 radical (unpaired) electrons. The molecule has 0 fully saturated rings. The van der Waals surface area contributed by atoms with Crippen molar-refractivity contribution < 1.29 is 14.7 Å². The molecule has 2 aromatic heterocycles. The molecule has 2 aromatic rings. The lowest BCUT2D eigenvalue weighted by Crippen LogP contribution is -2.20. The van der Waals surface area contributed by atoms with Gasteiger partial charge in [0.15, 0.2) is 5.13 Å². The third-order valence-corrected chi connectivity index (χ3v) is 4.06. The molecular formula is C12H13N3O3S2. The summed E-state index contributed by atoms with van der Waals surface area (Å²) in [6.45, 7) is 4.04. The number of carboxylic acids is 1. The summed E-state index contributed by atoms with van der Waals surface area (Å²) >= 11 is 2.49. The van der Waals surface area contributed by atoms with Gasteiger partial charge in [-0.15, -0.1) is 22.7 Å². The molecule has 2 rings (SSSR count). The highest BCUT2D eigenvalue weighted by Crippen LogP contribution is 2.24.